The van der Waals surface area contributed by atoms with Gasteiger partial charge in [-0.3, -0.25) is 4.21 Å². The van der Waals surface area contributed by atoms with E-state index < -0.39 is 10.8 Å². The zero-order valence-corrected chi connectivity index (χ0v) is 13.6. The van der Waals surface area contributed by atoms with Crippen LogP contribution >= 0.6 is 11.6 Å². The number of hydrogen-bond donors (Lipinski definition) is 0. The summed E-state index contributed by atoms with van der Waals surface area (Å²) in [6, 6.07) is 4.59. The fourth-order valence-corrected chi connectivity index (χ4v) is 4.33. The van der Waals surface area contributed by atoms with Crippen molar-refractivity contribution in [1.29, 1.82) is 0 Å². The molecule has 1 unspecified atom stereocenters. The Balaban J connectivity index is 1.92. The lowest BCUT2D eigenvalue weighted by Crippen LogP contribution is -2.43. The molecule has 0 bridgehead atoms. The zero-order chi connectivity index (χ0) is 15.3. The summed E-state index contributed by atoms with van der Waals surface area (Å²) in [5.41, 5.74) is 0.0632. The highest BCUT2D eigenvalue weighted by Gasteiger charge is 2.34. The lowest BCUT2D eigenvalue weighted by Gasteiger charge is -2.35. The summed E-state index contributed by atoms with van der Waals surface area (Å²) < 4.78 is 36.9. The molecule has 1 fully saturated rings. The monoisotopic (exact) mass is 334 g/mol. The average molecular weight is 335 g/mol. The van der Waals surface area contributed by atoms with Gasteiger partial charge in [0.05, 0.1) is 11.4 Å². The smallest absolute Gasteiger partial charge is 0.127 e. The van der Waals surface area contributed by atoms with Gasteiger partial charge >= 0.3 is 0 Å². The van der Waals surface area contributed by atoms with Gasteiger partial charge in [0.2, 0.25) is 0 Å². The molecule has 2 rings (SSSR count). The molecule has 1 aromatic carbocycles. The van der Waals surface area contributed by atoms with Gasteiger partial charge in [0.15, 0.2) is 0 Å². The quantitative estimate of drug-likeness (QED) is 0.802. The van der Waals surface area contributed by atoms with Crippen LogP contribution in [0.5, 0.6) is 0 Å². The molecule has 1 atom stereocenters. The van der Waals surface area contributed by atoms with E-state index in [4.69, 9.17) is 21.1 Å². The summed E-state index contributed by atoms with van der Waals surface area (Å²) in [6.07, 6.45) is 1.86. The van der Waals surface area contributed by atoms with E-state index in [0.29, 0.717) is 41.7 Å². The second-order valence-electron chi connectivity index (χ2n) is 5.24. The Hall–Kier alpha value is -0.490. The number of rotatable bonds is 6. The summed E-state index contributed by atoms with van der Waals surface area (Å²) in [4.78, 5) is 0. The highest BCUT2D eigenvalue weighted by molar-refractivity contribution is 7.85. The molecule has 21 heavy (non-hydrogen) atoms. The summed E-state index contributed by atoms with van der Waals surface area (Å²) in [7, 11) is 0.569. The van der Waals surface area contributed by atoms with Crippen molar-refractivity contribution in [3.8, 4) is 0 Å². The van der Waals surface area contributed by atoms with E-state index in [9.17, 15) is 8.60 Å². The topological polar surface area (TPSA) is 35.5 Å². The molecule has 1 aliphatic rings. The molecule has 1 heterocycles. The molecule has 1 saturated heterocycles. The molecular weight excluding hydrogens is 315 g/mol. The van der Waals surface area contributed by atoms with Crippen molar-refractivity contribution in [2.45, 2.75) is 24.9 Å². The normalized spacial score (nSPS) is 19.4. The lowest BCUT2D eigenvalue weighted by atomic mass is 9.97. The predicted octanol–water partition coefficient (Wildman–Crippen LogP) is 2.97. The largest absolute Gasteiger partial charge is 0.381 e. The van der Waals surface area contributed by atoms with Gasteiger partial charge in [-0.25, -0.2) is 4.39 Å². The highest BCUT2D eigenvalue weighted by atomic mass is 35.5. The average Bonchev–Trinajstić information content (AvgIpc) is 2.47. The van der Waals surface area contributed by atoms with Gasteiger partial charge in [-0.1, -0.05) is 17.7 Å². The minimum atomic E-state index is -1.08. The first-order chi connectivity index (χ1) is 10.1. The Morgan fingerprint density at radius 1 is 1.43 bits per heavy atom. The minimum absolute atomic E-state index is 0.341. The van der Waals surface area contributed by atoms with Crippen LogP contribution < -0.4 is 0 Å². The van der Waals surface area contributed by atoms with Crippen LogP contribution in [0.3, 0.4) is 0 Å². The molecule has 0 aromatic heterocycles. The number of methoxy groups -OCH3 is 1. The predicted molar refractivity (Wildman–Crippen MR) is 82.8 cm³/mol. The SMILES string of the molecule is COC1(CS(=O)CCc2c(F)cccc2Cl)CCOCC1. The van der Waals surface area contributed by atoms with E-state index in [-0.39, 0.29) is 11.4 Å². The maximum atomic E-state index is 13.7. The third-order valence-corrected chi connectivity index (χ3v) is 5.76. The van der Waals surface area contributed by atoms with E-state index in [0.717, 1.165) is 12.8 Å². The second-order valence-corrected chi connectivity index (χ2v) is 7.22. The minimum Gasteiger partial charge on any atom is -0.381 e. The fourth-order valence-electron chi connectivity index (χ4n) is 2.50. The van der Waals surface area contributed by atoms with Crippen molar-refractivity contribution in [3.05, 3.63) is 34.6 Å². The van der Waals surface area contributed by atoms with E-state index in [1.54, 1.807) is 19.2 Å². The molecule has 1 aromatic rings. The van der Waals surface area contributed by atoms with E-state index in [1.807, 2.05) is 0 Å². The first-order valence-corrected chi connectivity index (χ1v) is 8.84. The third kappa shape index (κ3) is 4.49. The van der Waals surface area contributed by atoms with Gasteiger partial charge in [-0.15, -0.1) is 0 Å². The van der Waals surface area contributed by atoms with Gasteiger partial charge < -0.3 is 9.47 Å². The maximum absolute atomic E-state index is 13.7. The molecule has 0 spiro atoms. The van der Waals surface area contributed by atoms with Crippen molar-refractivity contribution < 1.29 is 18.1 Å². The van der Waals surface area contributed by atoms with Crippen LogP contribution in [-0.4, -0.2) is 41.6 Å². The summed E-state index contributed by atoms with van der Waals surface area (Å²) >= 11 is 5.98. The van der Waals surface area contributed by atoms with Crippen molar-refractivity contribution >= 4 is 22.4 Å². The molecule has 1 aliphatic heterocycles. The maximum Gasteiger partial charge on any atom is 0.127 e. The molecule has 0 saturated carbocycles. The van der Waals surface area contributed by atoms with E-state index in [2.05, 4.69) is 0 Å². The number of hydrogen-bond acceptors (Lipinski definition) is 3. The molecule has 0 aliphatic carbocycles. The molecule has 3 nitrogen and oxygen atoms in total. The van der Waals surface area contributed by atoms with Gasteiger partial charge in [0, 0.05) is 60.3 Å². The Labute approximate surface area is 132 Å². The van der Waals surface area contributed by atoms with Crippen molar-refractivity contribution in [1.82, 2.24) is 0 Å². The first kappa shape index (κ1) is 16.9. The molecular formula is C15H20ClFO3S. The van der Waals surface area contributed by atoms with Gasteiger partial charge in [0.25, 0.3) is 0 Å². The van der Waals surface area contributed by atoms with Crippen LogP contribution in [-0.2, 0) is 26.7 Å². The molecule has 118 valence electrons. The van der Waals surface area contributed by atoms with Crippen LogP contribution in [0.25, 0.3) is 0 Å². The van der Waals surface area contributed by atoms with E-state index in [1.165, 1.54) is 6.07 Å². The first-order valence-electron chi connectivity index (χ1n) is 6.97. The van der Waals surface area contributed by atoms with E-state index >= 15 is 0 Å². The number of halogens is 2. The standard InChI is InChI=1S/C15H20ClFO3S/c1-19-15(6-8-20-9-7-15)11-21(18)10-5-12-13(16)3-2-4-14(12)17/h2-4H,5-11H2,1H3. The molecule has 0 N–H and O–H groups in total. The van der Waals surface area contributed by atoms with Gasteiger partial charge in [0.1, 0.15) is 5.82 Å². The van der Waals surface area contributed by atoms with Crippen LogP contribution in [0.15, 0.2) is 18.2 Å². The number of ether oxygens (including phenoxy) is 2. The van der Waals surface area contributed by atoms with Crippen molar-refractivity contribution in [2.75, 3.05) is 31.8 Å². The van der Waals surface area contributed by atoms with Crippen molar-refractivity contribution in [3.63, 3.8) is 0 Å². The second kappa shape index (κ2) is 7.68. The molecule has 0 amide bonds. The third-order valence-electron chi connectivity index (χ3n) is 3.90. The summed E-state index contributed by atoms with van der Waals surface area (Å²) in [5.74, 6) is 0.498. The van der Waals surface area contributed by atoms with Gasteiger partial charge in [-0.2, -0.15) is 0 Å². The Morgan fingerprint density at radius 2 is 2.14 bits per heavy atom. The molecule has 6 heteroatoms. The molecule has 0 radical (unpaired) electrons. The van der Waals surface area contributed by atoms with Crippen LogP contribution in [0.1, 0.15) is 18.4 Å². The van der Waals surface area contributed by atoms with Crippen molar-refractivity contribution in [2.24, 2.45) is 0 Å². The summed E-state index contributed by atoms with van der Waals surface area (Å²) in [6.45, 7) is 1.26. The fraction of sp³-hybridized carbons (Fsp3) is 0.600. The summed E-state index contributed by atoms with van der Waals surface area (Å²) in [5, 5.41) is 0.388. The lowest BCUT2D eigenvalue weighted by molar-refractivity contribution is -0.0746. The van der Waals surface area contributed by atoms with Crippen LogP contribution in [0, 0.1) is 5.82 Å². The zero-order valence-electron chi connectivity index (χ0n) is 12.1. The number of benzene rings is 1. The highest BCUT2D eigenvalue weighted by Crippen LogP contribution is 2.26. The van der Waals surface area contributed by atoms with Crippen LogP contribution in [0.2, 0.25) is 5.02 Å². The Kier molecular flexibility index (Phi) is 6.17. The Morgan fingerprint density at radius 3 is 2.76 bits per heavy atom. The Bertz CT molecular complexity index is 483. The van der Waals surface area contributed by atoms with Crippen LogP contribution in [0.4, 0.5) is 4.39 Å². The van der Waals surface area contributed by atoms with Gasteiger partial charge in [-0.05, 0) is 18.6 Å².